The zero-order valence-electron chi connectivity index (χ0n) is 12.8. The smallest absolute Gasteiger partial charge is 0.270 e. The fraction of sp³-hybridized carbons (Fsp3) is 0.133. The van der Waals surface area contributed by atoms with Gasteiger partial charge in [0.05, 0.1) is 16.5 Å². The number of aromatic nitrogens is 2. The summed E-state index contributed by atoms with van der Waals surface area (Å²) in [5, 5.41) is 25.5. The van der Waals surface area contributed by atoms with E-state index in [1.54, 1.807) is 11.3 Å². The van der Waals surface area contributed by atoms with Crippen LogP contribution >= 0.6 is 11.3 Å². The van der Waals surface area contributed by atoms with Crippen molar-refractivity contribution in [3.63, 3.8) is 0 Å². The van der Waals surface area contributed by atoms with Crippen LogP contribution in [0.5, 0.6) is 5.75 Å². The van der Waals surface area contributed by atoms with Crippen LogP contribution in [0.2, 0.25) is 0 Å². The predicted octanol–water partition coefficient (Wildman–Crippen LogP) is 3.37. The number of nitrogens with one attached hydrogen (secondary N) is 1. The topological polar surface area (TPSA) is 114 Å². The van der Waals surface area contributed by atoms with E-state index in [1.165, 1.54) is 30.7 Å². The molecular formula is C15H13N5O3S. The summed E-state index contributed by atoms with van der Waals surface area (Å²) in [5.74, 6) is 0.449. The number of hydrazone groups is 1. The molecule has 0 spiro atoms. The van der Waals surface area contributed by atoms with Gasteiger partial charge in [0.2, 0.25) is 0 Å². The Morgan fingerprint density at radius 2 is 2.17 bits per heavy atom. The highest BCUT2D eigenvalue weighted by Crippen LogP contribution is 2.32. The van der Waals surface area contributed by atoms with Crippen molar-refractivity contribution in [2.75, 3.05) is 5.43 Å². The van der Waals surface area contributed by atoms with Gasteiger partial charge in [0.15, 0.2) is 5.82 Å². The van der Waals surface area contributed by atoms with E-state index in [2.05, 4.69) is 20.5 Å². The van der Waals surface area contributed by atoms with Crippen LogP contribution in [-0.2, 0) is 0 Å². The van der Waals surface area contributed by atoms with Gasteiger partial charge in [-0.15, -0.1) is 11.3 Å². The van der Waals surface area contributed by atoms with Crippen molar-refractivity contribution in [3.05, 3.63) is 50.6 Å². The summed E-state index contributed by atoms with van der Waals surface area (Å²) in [5.41, 5.74) is 4.00. The zero-order chi connectivity index (χ0) is 17.3. The molecule has 3 aromatic rings. The normalized spacial score (nSPS) is 11.2. The summed E-state index contributed by atoms with van der Waals surface area (Å²) in [7, 11) is 0. The molecule has 0 atom stereocenters. The van der Waals surface area contributed by atoms with E-state index in [0.29, 0.717) is 5.82 Å². The number of benzene rings is 1. The number of thiophene rings is 1. The minimum atomic E-state index is -0.532. The van der Waals surface area contributed by atoms with Crippen LogP contribution in [0.3, 0.4) is 0 Å². The molecular weight excluding hydrogens is 330 g/mol. The van der Waals surface area contributed by atoms with E-state index >= 15 is 0 Å². The minimum absolute atomic E-state index is 0.0958. The predicted molar refractivity (Wildman–Crippen MR) is 92.9 cm³/mol. The number of fused-ring (bicyclic) bond motifs is 1. The van der Waals surface area contributed by atoms with Crippen molar-refractivity contribution in [1.29, 1.82) is 0 Å². The molecule has 0 aliphatic carbocycles. The Hall–Kier alpha value is -3.07. The highest BCUT2D eigenvalue weighted by Gasteiger charge is 2.12. The molecule has 0 radical (unpaired) electrons. The first-order chi connectivity index (χ1) is 11.5. The van der Waals surface area contributed by atoms with Crippen LogP contribution in [0.4, 0.5) is 11.5 Å². The van der Waals surface area contributed by atoms with Crippen molar-refractivity contribution in [3.8, 4) is 5.75 Å². The Morgan fingerprint density at radius 3 is 2.92 bits per heavy atom. The van der Waals surface area contributed by atoms with Gasteiger partial charge in [-0.25, -0.2) is 9.97 Å². The molecule has 0 unspecified atom stereocenters. The number of hydrogen-bond donors (Lipinski definition) is 2. The largest absolute Gasteiger partial charge is 0.507 e. The van der Waals surface area contributed by atoms with Gasteiger partial charge in [-0.3, -0.25) is 15.5 Å². The van der Waals surface area contributed by atoms with Crippen LogP contribution in [0.25, 0.3) is 10.2 Å². The van der Waals surface area contributed by atoms with Gasteiger partial charge in [0, 0.05) is 22.6 Å². The molecule has 9 heteroatoms. The maximum Gasteiger partial charge on any atom is 0.270 e. The molecule has 0 bridgehead atoms. The lowest BCUT2D eigenvalue weighted by Gasteiger charge is -2.02. The molecule has 3 rings (SSSR count). The molecule has 0 aliphatic heterocycles. The van der Waals surface area contributed by atoms with Gasteiger partial charge in [0.25, 0.3) is 5.69 Å². The third kappa shape index (κ3) is 2.88. The van der Waals surface area contributed by atoms with Crippen LogP contribution in [0.1, 0.15) is 16.0 Å². The molecule has 8 nitrogen and oxygen atoms in total. The number of rotatable bonds is 4. The average Bonchev–Trinajstić information content (AvgIpc) is 2.84. The second-order valence-corrected chi connectivity index (χ2v) is 6.26. The third-order valence-electron chi connectivity index (χ3n) is 3.56. The van der Waals surface area contributed by atoms with Gasteiger partial charge >= 0.3 is 0 Å². The average molecular weight is 343 g/mol. The van der Waals surface area contributed by atoms with Gasteiger partial charge in [-0.1, -0.05) is 0 Å². The van der Waals surface area contributed by atoms with Crippen LogP contribution in [0.15, 0.2) is 29.6 Å². The summed E-state index contributed by atoms with van der Waals surface area (Å²) in [6.07, 6.45) is 2.76. The Balaban J connectivity index is 1.90. The number of nitro groups is 1. The van der Waals surface area contributed by atoms with Gasteiger partial charge in [0.1, 0.15) is 16.9 Å². The molecule has 0 amide bonds. The van der Waals surface area contributed by atoms with Crippen molar-refractivity contribution in [2.45, 2.75) is 13.8 Å². The quantitative estimate of drug-likeness (QED) is 0.426. The molecule has 24 heavy (non-hydrogen) atoms. The molecule has 2 aromatic heterocycles. The first-order valence-corrected chi connectivity index (χ1v) is 7.76. The number of nitrogens with zero attached hydrogens (tertiary/aromatic N) is 4. The van der Waals surface area contributed by atoms with E-state index in [4.69, 9.17) is 0 Å². The van der Waals surface area contributed by atoms with Crippen LogP contribution < -0.4 is 5.43 Å². The Bertz CT molecular complexity index is 967. The first kappa shape index (κ1) is 15.8. The number of phenolic OH excluding ortho intramolecular Hbond substituents is 1. The van der Waals surface area contributed by atoms with Crippen molar-refractivity contribution in [1.82, 2.24) is 9.97 Å². The Labute approximate surface area is 140 Å². The van der Waals surface area contributed by atoms with Crippen molar-refractivity contribution in [2.24, 2.45) is 5.10 Å². The van der Waals surface area contributed by atoms with Gasteiger partial charge in [-0.2, -0.15) is 5.10 Å². The van der Waals surface area contributed by atoms with Crippen LogP contribution in [0, 0.1) is 24.0 Å². The van der Waals surface area contributed by atoms with Gasteiger partial charge in [-0.05, 0) is 25.5 Å². The number of phenols is 1. The lowest BCUT2D eigenvalue weighted by molar-refractivity contribution is -0.384. The maximum absolute atomic E-state index is 10.8. The van der Waals surface area contributed by atoms with Crippen molar-refractivity contribution < 1.29 is 10.0 Å². The zero-order valence-corrected chi connectivity index (χ0v) is 13.7. The number of aromatic hydroxyl groups is 1. The number of hydrogen-bond acceptors (Lipinski definition) is 8. The molecule has 0 aliphatic rings. The molecule has 1 aromatic carbocycles. The standard InChI is InChI=1S/C15H13N5O3S/c1-8-9(2)24-15-13(8)14(16-7-17-15)19-18-6-10-5-11(20(22)23)3-4-12(10)21/h3-7,21H,1-2H3,(H,16,17,19)/b18-6-. The van der Waals surface area contributed by atoms with E-state index in [-0.39, 0.29) is 17.0 Å². The molecule has 0 saturated heterocycles. The molecule has 0 saturated carbocycles. The second-order valence-electron chi connectivity index (χ2n) is 5.06. The summed E-state index contributed by atoms with van der Waals surface area (Å²) in [6, 6.07) is 3.73. The second kappa shape index (κ2) is 6.20. The number of anilines is 1. The van der Waals surface area contributed by atoms with Crippen molar-refractivity contribution >= 4 is 39.3 Å². The SMILES string of the molecule is Cc1sc2ncnc(N/N=C\c3cc([N+](=O)[O-])ccc3O)c2c1C. The highest BCUT2D eigenvalue weighted by molar-refractivity contribution is 7.18. The third-order valence-corrected chi connectivity index (χ3v) is 4.68. The summed E-state index contributed by atoms with van der Waals surface area (Å²) in [4.78, 5) is 20.7. The van der Waals surface area contributed by atoms with E-state index < -0.39 is 4.92 Å². The fourth-order valence-corrected chi connectivity index (χ4v) is 3.19. The summed E-state index contributed by atoms with van der Waals surface area (Å²) >= 11 is 1.57. The summed E-state index contributed by atoms with van der Waals surface area (Å²) in [6.45, 7) is 3.99. The maximum atomic E-state index is 10.8. The van der Waals surface area contributed by atoms with Gasteiger partial charge < -0.3 is 5.11 Å². The molecule has 122 valence electrons. The number of aryl methyl sites for hydroxylation is 2. The monoisotopic (exact) mass is 343 g/mol. The Kier molecular flexibility index (Phi) is 4.09. The minimum Gasteiger partial charge on any atom is -0.507 e. The van der Waals surface area contributed by atoms with Crippen LogP contribution in [-0.4, -0.2) is 26.2 Å². The summed E-state index contributed by atoms with van der Waals surface area (Å²) < 4.78 is 0. The highest BCUT2D eigenvalue weighted by atomic mass is 32.1. The van der Waals surface area contributed by atoms with E-state index in [9.17, 15) is 15.2 Å². The molecule has 0 fully saturated rings. The number of nitro benzene ring substituents is 1. The van der Waals surface area contributed by atoms with E-state index in [1.807, 2.05) is 13.8 Å². The Morgan fingerprint density at radius 1 is 1.38 bits per heavy atom. The number of non-ortho nitro benzene ring substituents is 1. The molecule has 2 heterocycles. The fourth-order valence-electron chi connectivity index (χ4n) is 2.19. The van der Waals surface area contributed by atoms with E-state index in [0.717, 1.165) is 20.7 Å². The lowest BCUT2D eigenvalue weighted by atomic mass is 10.2. The molecule has 2 N–H and O–H groups in total. The first-order valence-electron chi connectivity index (χ1n) is 6.94. The lowest BCUT2D eigenvalue weighted by Crippen LogP contribution is -1.96.